The minimum Gasteiger partial charge on any atom is -0.480 e. The first-order chi connectivity index (χ1) is 6.07. The molecule has 0 heterocycles. The van der Waals surface area contributed by atoms with Crippen molar-refractivity contribution in [3.05, 3.63) is 12.7 Å². The molecule has 4 N–H and O–H groups in total. The van der Waals surface area contributed by atoms with Gasteiger partial charge in [0.2, 0.25) is 5.91 Å². The number of carbonyl (C=O) groups excluding carboxylic acids is 1. The Morgan fingerprint density at radius 2 is 2.23 bits per heavy atom. The Kier molecular flexibility index (Phi) is 5.54. The molecule has 74 valence electrons. The number of carbonyl (C=O) groups is 2. The van der Waals surface area contributed by atoms with Crippen LogP contribution in [0.2, 0.25) is 0 Å². The van der Waals surface area contributed by atoms with Crippen LogP contribution in [0.4, 0.5) is 0 Å². The van der Waals surface area contributed by atoms with Gasteiger partial charge in [0.25, 0.3) is 0 Å². The molecular weight excluding hydrogens is 172 g/mol. The minimum absolute atomic E-state index is 0.0705. The molecular formula is C8H14N2O3. The van der Waals surface area contributed by atoms with Crippen molar-refractivity contribution in [2.45, 2.75) is 18.9 Å². The van der Waals surface area contributed by atoms with Gasteiger partial charge in [0.05, 0.1) is 0 Å². The van der Waals surface area contributed by atoms with Gasteiger partial charge in [-0.25, -0.2) is 0 Å². The van der Waals surface area contributed by atoms with Crippen molar-refractivity contribution in [3.63, 3.8) is 0 Å². The summed E-state index contributed by atoms with van der Waals surface area (Å²) in [6.07, 6.45) is 1.83. The monoisotopic (exact) mass is 186 g/mol. The third-order valence-electron chi connectivity index (χ3n) is 1.49. The van der Waals surface area contributed by atoms with E-state index in [0.29, 0.717) is 6.54 Å². The van der Waals surface area contributed by atoms with Gasteiger partial charge in [-0.1, -0.05) is 6.08 Å². The SMILES string of the molecule is C=CCNC(CCC(N)=O)C(=O)O. The Bertz CT molecular complexity index is 204. The van der Waals surface area contributed by atoms with Crippen molar-refractivity contribution < 1.29 is 14.7 Å². The molecule has 0 rings (SSSR count). The highest BCUT2D eigenvalue weighted by Gasteiger charge is 2.16. The average molecular weight is 186 g/mol. The molecule has 0 radical (unpaired) electrons. The van der Waals surface area contributed by atoms with E-state index < -0.39 is 17.9 Å². The normalized spacial score (nSPS) is 12.0. The zero-order valence-electron chi connectivity index (χ0n) is 7.32. The maximum atomic E-state index is 10.6. The predicted molar refractivity (Wildman–Crippen MR) is 48.1 cm³/mol. The van der Waals surface area contributed by atoms with Crippen LogP contribution in [0.15, 0.2) is 12.7 Å². The van der Waals surface area contributed by atoms with E-state index in [2.05, 4.69) is 11.9 Å². The van der Waals surface area contributed by atoms with E-state index in [1.165, 1.54) is 0 Å². The fourth-order valence-corrected chi connectivity index (χ4v) is 0.825. The molecule has 0 aliphatic rings. The second-order valence-electron chi connectivity index (χ2n) is 2.59. The molecule has 0 fully saturated rings. The highest BCUT2D eigenvalue weighted by atomic mass is 16.4. The number of carboxylic acid groups (broad SMARTS) is 1. The van der Waals surface area contributed by atoms with Crippen molar-refractivity contribution in [1.82, 2.24) is 5.32 Å². The Hall–Kier alpha value is -1.36. The lowest BCUT2D eigenvalue weighted by Gasteiger charge is -2.11. The van der Waals surface area contributed by atoms with E-state index in [-0.39, 0.29) is 12.8 Å². The van der Waals surface area contributed by atoms with Crippen LogP contribution in [-0.4, -0.2) is 29.6 Å². The summed E-state index contributed by atoms with van der Waals surface area (Å²) in [5.41, 5.74) is 4.89. The minimum atomic E-state index is -0.983. The lowest BCUT2D eigenvalue weighted by Crippen LogP contribution is -2.37. The Labute approximate surface area is 76.6 Å². The molecule has 0 aliphatic heterocycles. The molecule has 1 unspecified atom stereocenters. The van der Waals surface area contributed by atoms with E-state index in [4.69, 9.17) is 10.8 Å². The number of hydrogen-bond donors (Lipinski definition) is 3. The summed E-state index contributed by atoms with van der Waals surface area (Å²) >= 11 is 0. The van der Waals surface area contributed by atoms with Crippen molar-refractivity contribution in [1.29, 1.82) is 0 Å². The van der Waals surface area contributed by atoms with Gasteiger partial charge in [-0.05, 0) is 6.42 Å². The molecule has 0 bridgehead atoms. The van der Waals surface area contributed by atoms with Gasteiger partial charge >= 0.3 is 5.97 Å². The van der Waals surface area contributed by atoms with Gasteiger partial charge in [0, 0.05) is 13.0 Å². The summed E-state index contributed by atoms with van der Waals surface area (Å²) in [5, 5.41) is 11.4. The lowest BCUT2D eigenvalue weighted by molar-refractivity contribution is -0.139. The first-order valence-corrected chi connectivity index (χ1v) is 3.93. The number of primary amides is 1. The summed E-state index contributed by atoms with van der Waals surface area (Å²) in [4.78, 5) is 21.0. The summed E-state index contributed by atoms with van der Waals surface area (Å²) in [6, 6.07) is -0.731. The van der Waals surface area contributed by atoms with Crippen LogP contribution in [0.5, 0.6) is 0 Å². The molecule has 5 nitrogen and oxygen atoms in total. The van der Waals surface area contributed by atoms with Gasteiger partial charge in [-0.3, -0.25) is 9.59 Å². The second-order valence-corrected chi connectivity index (χ2v) is 2.59. The van der Waals surface area contributed by atoms with Crippen LogP contribution in [0.3, 0.4) is 0 Å². The molecule has 0 saturated carbocycles. The number of aliphatic carboxylic acids is 1. The first kappa shape index (κ1) is 11.6. The number of nitrogens with two attached hydrogens (primary N) is 1. The van der Waals surface area contributed by atoms with E-state index >= 15 is 0 Å². The predicted octanol–water partition coefficient (Wildman–Crippen LogP) is -0.519. The van der Waals surface area contributed by atoms with Crippen molar-refractivity contribution >= 4 is 11.9 Å². The van der Waals surface area contributed by atoms with Crippen LogP contribution in [-0.2, 0) is 9.59 Å². The smallest absolute Gasteiger partial charge is 0.320 e. The summed E-state index contributed by atoms with van der Waals surface area (Å²) in [7, 11) is 0. The number of carboxylic acids is 1. The zero-order chi connectivity index (χ0) is 10.3. The molecule has 0 aliphatic carbocycles. The van der Waals surface area contributed by atoms with Crippen LogP contribution < -0.4 is 11.1 Å². The molecule has 0 aromatic rings. The maximum Gasteiger partial charge on any atom is 0.320 e. The van der Waals surface area contributed by atoms with Gasteiger partial charge in [-0.15, -0.1) is 6.58 Å². The number of rotatable bonds is 7. The molecule has 0 spiro atoms. The summed E-state index contributed by atoms with van der Waals surface area (Å²) < 4.78 is 0. The van der Waals surface area contributed by atoms with Crippen molar-refractivity contribution in [2.75, 3.05) is 6.54 Å². The van der Waals surface area contributed by atoms with Gasteiger partial charge in [0.15, 0.2) is 0 Å². The number of hydrogen-bond acceptors (Lipinski definition) is 3. The number of amides is 1. The van der Waals surface area contributed by atoms with E-state index in [1.807, 2.05) is 0 Å². The van der Waals surface area contributed by atoms with Gasteiger partial charge < -0.3 is 16.2 Å². The second kappa shape index (κ2) is 6.19. The summed E-state index contributed by atoms with van der Waals surface area (Å²) in [6.45, 7) is 3.84. The maximum absolute atomic E-state index is 10.6. The molecule has 0 aromatic carbocycles. The number of nitrogens with one attached hydrogen (secondary N) is 1. The first-order valence-electron chi connectivity index (χ1n) is 3.93. The van der Waals surface area contributed by atoms with Crippen LogP contribution in [0.25, 0.3) is 0 Å². The third-order valence-corrected chi connectivity index (χ3v) is 1.49. The Morgan fingerprint density at radius 3 is 2.62 bits per heavy atom. The molecule has 5 heteroatoms. The zero-order valence-corrected chi connectivity index (χ0v) is 7.32. The van der Waals surface area contributed by atoms with Crippen molar-refractivity contribution in [2.24, 2.45) is 5.73 Å². The van der Waals surface area contributed by atoms with Crippen LogP contribution >= 0.6 is 0 Å². The standard InChI is InChI=1S/C8H14N2O3/c1-2-5-10-6(8(12)13)3-4-7(9)11/h2,6,10H,1,3-5H2,(H2,9,11)(H,12,13). The van der Waals surface area contributed by atoms with Gasteiger partial charge in [-0.2, -0.15) is 0 Å². The quantitative estimate of drug-likeness (QED) is 0.466. The largest absolute Gasteiger partial charge is 0.480 e. The fourth-order valence-electron chi connectivity index (χ4n) is 0.825. The molecule has 1 atom stereocenters. The highest BCUT2D eigenvalue weighted by Crippen LogP contribution is 1.96. The molecule has 1 amide bonds. The van der Waals surface area contributed by atoms with Crippen LogP contribution in [0, 0.1) is 0 Å². The summed E-state index contributed by atoms with van der Waals surface area (Å²) in [5.74, 6) is -1.48. The fraction of sp³-hybridized carbons (Fsp3) is 0.500. The topological polar surface area (TPSA) is 92.4 Å². The molecule has 13 heavy (non-hydrogen) atoms. The third kappa shape index (κ3) is 5.86. The Morgan fingerprint density at radius 1 is 1.62 bits per heavy atom. The molecule has 0 aromatic heterocycles. The lowest BCUT2D eigenvalue weighted by atomic mass is 10.1. The Balaban J connectivity index is 3.87. The van der Waals surface area contributed by atoms with Crippen molar-refractivity contribution in [3.8, 4) is 0 Å². The van der Waals surface area contributed by atoms with E-state index in [1.54, 1.807) is 6.08 Å². The van der Waals surface area contributed by atoms with E-state index in [0.717, 1.165) is 0 Å². The van der Waals surface area contributed by atoms with Gasteiger partial charge in [0.1, 0.15) is 6.04 Å². The van der Waals surface area contributed by atoms with Crippen LogP contribution in [0.1, 0.15) is 12.8 Å². The molecule has 0 saturated heterocycles. The average Bonchev–Trinajstić information content (AvgIpc) is 2.03. The highest BCUT2D eigenvalue weighted by molar-refractivity contribution is 5.77. The van der Waals surface area contributed by atoms with E-state index in [9.17, 15) is 9.59 Å².